The molecule has 7 heteroatoms. The number of thiazole rings is 1. The highest BCUT2D eigenvalue weighted by Gasteiger charge is 2.38. The van der Waals surface area contributed by atoms with Crippen LogP contribution in [-0.2, 0) is 6.18 Å². The number of hydrogen-bond donors (Lipinski definition) is 1. The minimum Gasteiger partial charge on any atom is -0.321 e. The normalized spacial score (nSPS) is 11.4. The van der Waals surface area contributed by atoms with E-state index < -0.39 is 22.7 Å². The Bertz CT molecular complexity index is 649. The van der Waals surface area contributed by atoms with Gasteiger partial charge in [0.15, 0.2) is 5.69 Å². The van der Waals surface area contributed by atoms with Gasteiger partial charge in [-0.05, 0) is 31.0 Å². The minimum atomic E-state index is -4.63. The average molecular weight is 300 g/mol. The van der Waals surface area contributed by atoms with Crippen LogP contribution in [0.2, 0.25) is 0 Å². The molecule has 0 unspecified atom stereocenters. The molecule has 1 heterocycles. The molecule has 0 aliphatic heterocycles. The second-order valence-electron chi connectivity index (χ2n) is 4.30. The number of aromatic nitrogens is 1. The first-order valence-electron chi connectivity index (χ1n) is 5.68. The number of benzene rings is 1. The summed E-state index contributed by atoms with van der Waals surface area (Å²) in [7, 11) is 0. The second-order valence-corrected chi connectivity index (χ2v) is 5.16. The van der Waals surface area contributed by atoms with E-state index in [-0.39, 0.29) is 0 Å². The molecule has 0 saturated heterocycles. The Kier molecular flexibility index (Phi) is 3.80. The summed E-state index contributed by atoms with van der Waals surface area (Å²) in [5.74, 6) is -0.798. The molecule has 3 nitrogen and oxygen atoms in total. The van der Waals surface area contributed by atoms with Crippen LogP contribution in [0.1, 0.15) is 26.5 Å². The minimum absolute atomic E-state index is 0.432. The van der Waals surface area contributed by atoms with E-state index in [2.05, 4.69) is 10.3 Å². The van der Waals surface area contributed by atoms with Crippen LogP contribution < -0.4 is 5.32 Å². The number of anilines is 1. The highest BCUT2D eigenvalue weighted by molar-refractivity contribution is 7.12. The fraction of sp³-hybridized carbons (Fsp3) is 0.231. The van der Waals surface area contributed by atoms with Crippen molar-refractivity contribution in [3.05, 3.63) is 45.4 Å². The summed E-state index contributed by atoms with van der Waals surface area (Å²) in [4.78, 5) is 14.8. The molecule has 0 radical (unpaired) electrons. The number of nitrogens with zero attached hydrogens (tertiary/aromatic N) is 1. The molecule has 106 valence electrons. The van der Waals surface area contributed by atoms with E-state index in [9.17, 15) is 18.0 Å². The third kappa shape index (κ3) is 2.98. The van der Waals surface area contributed by atoms with Crippen LogP contribution in [0.4, 0.5) is 18.9 Å². The van der Waals surface area contributed by atoms with Crippen LogP contribution in [0.5, 0.6) is 0 Å². The van der Waals surface area contributed by atoms with Gasteiger partial charge in [0.2, 0.25) is 0 Å². The van der Waals surface area contributed by atoms with Gasteiger partial charge in [0.25, 0.3) is 5.91 Å². The number of alkyl halides is 3. The van der Waals surface area contributed by atoms with E-state index in [0.29, 0.717) is 17.0 Å². The van der Waals surface area contributed by atoms with Gasteiger partial charge in [-0.15, -0.1) is 11.3 Å². The van der Waals surface area contributed by atoms with E-state index in [1.165, 1.54) is 0 Å². The predicted octanol–water partition coefficient (Wildman–Crippen LogP) is 4.03. The zero-order valence-corrected chi connectivity index (χ0v) is 11.5. The summed E-state index contributed by atoms with van der Waals surface area (Å²) < 4.78 is 38.1. The first kappa shape index (κ1) is 14.5. The molecule has 2 rings (SSSR count). The van der Waals surface area contributed by atoms with Gasteiger partial charge in [-0.1, -0.05) is 12.1 Å². The molecular formula is C13H11F3N2OS. The largest absolute Gasteiger partial charge is 0.434 e. The Morgan fingerprint density at radius 3 is 2.65 bits per heavy atom. The maximum absolute atomic E-state index is 12.7. The number of nitrogens with one attached hydrogen (secondary N) is 1. The van der Waals surface area contributed by atoms with Crippen LogP contribution >= 0.6 is 11.3 Å². The zero-order valence-electron chi connectivity index (χ0n) is 10.7. The van der Waals surface area contributed by atoms with Crippen LogP contribution in [0.3, 0.4) is 0 Å². The molecule has 0 bridgehead atoms. The van der Waals surface area contributed by atoms with Crippen LogP contribution in [0.25, 0.3) is 0 Å². The van der Waals surface area contributed by atoms with Crippen LogP contribution in [0.15, 0.2) is 23.7 Å². The summed E-state index contributed by atoms with van der Waals surface area (Å²) in [5, 5.41) is 2.50. The van der Waals surface area contributed by atoms with E-state index in [4.69, 9.17) is 0 Å². The molecule has 0 saturated carbocycles. The van der Waals surface area contributed by atoms with E-state index in [1.54, 1.807) is 19.1 Å². The van der Waals surface area contributed by atoms with Gasteiger partial charge in [0.05, 0.1) is 5.51 Å². The molecule has 0 aliphatic rings. The third-order valence-electron chi connectivity index (χ3n) is 2.68. The Balaban J connectivity index is 2.30. The summed E-state index contributed by atoms with van der Waals surface area (Å²) in [6.07, 6.45) is -4.63. The monoisotopic (exact) mass is 300 g/mol. The number of carbonyl (C=O) groups is 1. The maximum Gasteiger partial charge on any atom is 0.434 e. The van der Waals surface area contributed by atoms with E-state index >= 15 is 0 Å². The lowest BCUT2D eigenvalue weighted by Crippen LogP contribution is -2.17. The molecule has 20 heavy (non-hydrogen) atoms. The standard InChI is InChI=1S/C13H11F3N2OS/c1-7-3-4-8(2)9(5-7)18-12(19)10-11(13(14,15)16)17-6-20-10/h3-6H,1-2H3,(H,18,19). The quantitative estimate of drug-likeness (QED) is 0.909. The first-order valence-corrected chi connectivity index (χ1v) is 6.56. The number of rotatable bonds is 2. The molecule has 0 aliphatic carbocycles. The Hall–Kier alpha value is -1.89. The predicted molar refractivity (Wildman–Crippen MR) is 71.0 cm³/mol. The van der Waals surface area contributed by atoms with Gasteiger partial charge < -0.3 is 5.32 Å². The topological polar surface area (TPSA) is 42.0 Å². The summed E-state index contributed by atoms with van der Waals surface area (Å²) in [6.45, 7) is 3.61. The molecule has 2 aromatic rings. The summed E-state index contributed by atoms with van der Waals surface area (Å²) in [6, 6.07) is 5.36. The van der Waals surface area contributed by atoms with Gasteiger partial charge in [0.1, 0.15) is 4.88 Å². The fourth-order valence-corrected chi connectivity index (χ4v) is 2.36. The molecule has 1 aromatic carbocycles. The van der Waals surface area contributed by atoms with Crippen molar-refractivity contribution >= 4 is 22.9 Å². The van der Waals surface area contributed by atoms with Crippen molar-refractivity contribution in [2.45, 2.75) is 20.0 Å². The molecule has 0 atom stereocenters. The SMILES string of the molecule is Cc1ccc(C)c(NC(=O)c2scnc2C(F)(F)F)c1. The highest BCUT2D eigenvalue weighted by Crippen LogP contribution is 2.33. The number of amides is 1. The molecule has 0 fully saturated rings. The van der Waals surface area contributed by atoms with Gasteiger partial charge in [0, 0.05) is 5.69 Å². The van der Waals surface area contributed by atoms with Crippen molar-refractivity contribution in [3.8, 4) is 0 Å². The number of halogens is 3. The third-order valence-corrected chi connectivity index (χ3v) is 3.51. The lowest BCUT2D eigenvalue weighted by Gasteiger charge is -2.10. The number of hydrogen-bond acceptors (Lipinski definition) is 3. The molecule has 1 aromatic heterocycles. The van der Waals surface area contributed by atoms with Crippen LogP contribution in [-0.4, -0.2) is 10.9 Å². The zero-order chi connectivity index (χ0) is 14.9. The summed E-state index contributed by atoms with van der Waals surface area (Å²) >= 11 is 0.671. The molecule has 0 spiro atoms. The van der Waals surface area contributed by atoms with Crippen molar-refractivity contribution in [3.63, 3.8) is 0 Å². The van der Waals surface area contributed by atoms with Crippen molar-refractivity contribution < 1.29 is 18.0 Å². The van der Waals surface area contributed by atoms with Gasteiger partial charge in [-0.25, -0.2) is 4.98 Å². The highest BCUT2D eigenvalue weighted by atomic mass is 32.1. The summed E-state index contributed by atoms with van der Waals surface area (Å²) in [5.41, 5.74) is 2.05. The van der Waals surface area contributed by atoms with Crippen LogP contribution in [0, 0.1) is 13.8 Å². The fourth-order valence-electron chi connectivity index (χ4n) is 1.66. The molecular weight excluding hydrogens is 289 g/mol. The average Bonchev–Trinajstić information content (AvgIpc) is 2.82. The first-order chi connectivity index (χ1) is 9.29. The van der Waals surface area contributed by atoms with Gasteiger partial charge in [-0.3, -0.25) is 4.79 Å². The van der Waals surface area contributed by atoms with Crippen molar-refractivity contribution in [1.82, 2.24) is 4.98 Å². The Morgan fingerprint density at radius 1 is 1.30 bits per heavy atom. The van der Waals surface area contributed by atoms with Crippen molar-refractivity contribution in [2.75, 3.05) is 5.32 Å². The van der Waals surface area contributed by atoms with Gasteiger partial charge in [-0.2, -0.15) is 13.2 Å². The van der Waals surface area contributed by atoms with Crippen molar-refractivity contribution in [2.24, 2.45) is 0 Å². The Morgan fingerprint density at radius 2 is 2.00 bits per heavy atom. The van der Waals surface area contributed by atoms with E-state index in [0.717, 1.165) is 16.6 Å². The van der Waals surface area contributed by atoms with Gasteiger partial charge >= 0.3 is 6.18 Å². The smallest absolute Gasteiger partial charge is 0.321 e. The Labute approximate surface area is 117 Å². The number of aryl methyl sites for hydroxylation is 2. The second kappa shape index (κ2) is 5.24. The van der Waals surface area contributed by atoms with E-state index in [1.807, 2.05) is 13.0 Å². The molecule has 1 N–H and O–H groups in total. The lowest BCUT2D eigenvalue weighted by atomic mass is 10.1. The lowest BCUT2D eigenvalue weighted by molar-refractivity contribution is -0.141. The maximum atomic E-state index is 12.7. The molecule has 1 amide bonds. The van der Waals surface area contributed by atoms with Crippen molar-refractivity contribution in [1.29, 1.82) is 0 Å². The number of carbonyl (C=O) groups excluding carboxylic acids is 1.